The van der Waals surface area contributed by atoms with Gasteiger partial charge in [-0.05, 0) is 37.6 Å². The fourth-order valence-corrected chi connectivity index (χ4v) is 1.86. The molecule has 1 heterocycles. The summed E-state index contributed by atoms with van der Waals surface area (Å²) in [5, 5.41) is 9.97. The maximum atomic E-state index is 11.3. The van der Waals surface area contributed by atoms with E-state index in [1.807, 2.05) is 19.9 Å². The van der Waals surface area contributed by atoms with Crippen molar-refractivity contribution in [1.29, 1.82) is 0 Å². The molecule has 0 aliphatic heterocycles. The van der Waals surface area contributed by atoms with Gasteiger partial charge in [-0.3, -0.25) is 0 Å². The molecular formula is C15H17NO4. The number of aromatic carboxylic acids is 1. The van der Waals surface area contributed by atoms with E-state index in [0.29, 0.717) is 24.5 Å². The lowest BCUT2D eigenvalue weighted by molar-refractivity contribution is 0.0691. The number of pyridine rings is 1. The van der Waals surface area contributed by atoms with Gasteiger partial charge in [-0.2, -0.15) is 0 Å². The van der Waals surface area contributed by atoms with Crippen molar-refractivity contribution in [3.8, 4) is 11.6 Å². The number of nitrogens with zero attached hydrogens (tertiary/aromatic N) is 1. The number of hydrogen-bond acceptors (Lipinski definition) is 4. The molecule has 0 spiro atoms. The minimum Gasteiger partial charge on any atom is -0.494 e. The summed E-state index contributed by atoms with van der Waals surface area (Å²) in [6.45, 7) is 4.85. The van der Waals surface area contributed by atoms with E-state index in [-0.39, 0.29) is 11.4 Å². The van der Waals surface area contributed by atoms with E-state index in [1.54, 1.807) is 18.2 Å². The number of hydrogen-bond donors (Lipinski definition) is 1. The van der Waals surface area contributed by atoms with Gasteiger partial charge >= 0.3 is 5.97 Å². The summed E-state index contributed by atoms with van der Waals surface area (Å²) in [5.74, 6) is -0.191. The van der Waals surface area contributed by atoms with Gasteiger partial charge in [0.15, 0.2) is 0 Å². The van der Waals surface area contributed by atoms with Crippen LogP contribution in [0.5, 0.6) is 11.6 Å². The van der Waals surface area contributed by atoms with E-state index < -0.39 is 5.97 Å². The number of carboxylic acids is 1. The summed E-state index contributed by atoms with van der Waals surface area (Å²) in [7, 11) is 0. The lowest BCUT2D eigenvalue weighted by atomic mass is 10.1. The Bertz CT molecular complexity index is 625. The molecule has 1 aromatic carbocycles. The van der Waals surface area contributed by atoms with E-state index in [9.17, 15) is 9.90 Å². The molecule has 0 unspecified atom stereocenters. The van der Waals surface area contributed by atoms with Crippen molar-refractivity contribution in [2.45, 2.75) is 20.3 Å². The largest absolute Gasteiger partial charge is 0.494 e. The zero-order valence-corrected chi connectivity index (χ0v) is 11.5. The summed E-state index contributed by atoms with van der Waals surface area (Å²) >= 11 is 0. The molecule has 0 aliphatic carbocycles. The quantitative estimate of drug-likeness (QED) is 0.877. The van der Waals surface area contributed by atoms with Crippen LogP contribution in [0.15, 0.2) is 24.3 Å². The van der Waals surface area contributed by atoms with Crippen LogP contribution in [0.3, 0.4) is 0 Å². The van der Waals surface area contributed by atoms with Crippen molar-refractivity contribution < 1.29 is 19.4 Å². The van der Waals surface area contributed by atoms with Gasteiger partial charge < -0.3 is 14.6 Å². The number of ether oxygens (including phenoxy) is 2. The Morgan fingerprint density at radius 2 is 2.05 bits per heavy atom. The van der Waals surface area contributed by atoms with Gasteiger partial charge in [0.05, 0.1) is 18.7 Å². The van der Waals surface area contributed by atoms with Crippen molar-refractivity contribution in [1.82, 2.24) is 4.98 Å². The summed E-state index contributed by atoms with van der Waals surface area (Å²) in [4.78, 5) is 15.6. The fraction of sp³-hybridized carbons (Fsp3) is 0.333. The van der Waals surface area contributed by atoms with Gasteiger partial charge in [0.1, 0.15) is 11.3 Å². The molecule has 0 amide bonds. The van der Waals surface area contributed by atoms with E-state index in [2.05, 4.69) is 4.98 Å². The van der Waals surface area contributed by atoms with Crippen LogP contribution in [-0.4, -0.2) is 29.3 Å². The monoisotopic (exact) mass is 275 g/mol. The Morgan fingerprint density at radius 1 is 1.25 bits per heavy atom. The number of benzene rings is 1. The number of carbonyl (C=O) groups is 1. The van der Waals surface area contributed by atoms with E-state index in [1.165, 1.54) is 0 Å². The van der Waals surface area contributed by atoms with Crippen molar-refractivity contribution in [3.05, 3.63) is 29.8 Å². The predicted octanol–water partition coefficient (Wildman–Crippen LogP) is 3.12. The fourth-order valence-electron chi connectivity index (χ4n) is 1.86. The number of rotatable bonds is 6. The maximum Gasteiger partial charge on any atom is 0.341 e. The summed E-state index contributed by atoms with van der Waals surface area (Å²) < 4.78 is 10.8. The maximum absolute atomic E-state index is 11.3. The van der Waals surface area contributed by atoms with Crippen molar-refractivity contribution in [2.24, 2.45) is 0 Å². The summed E-state index contributed by atoms with van der Waals surface area (Å²) in [6.07, 6.45) is 0.794. The third-order valence-corrected chi connectivity index (χ3v) is 2.74. The molecule has 2 rings (SSSR count). The highest BCUT2D eigenvalue weighted by Gasteiger charge is 2.15. The van der Waals surface area contributed by atoms with E-state index in [0.717, 1.165) is 11.8 Å². The molecule has 0 atom stereocenters. The highest BCUT2D eigenvalue weighted by atomic mass is 16.5. The average Bonchev–Trinajstić information content (AvgIpc) is 2.44. The molecule has 0 saturated heterocycles. The van der Waals surface area contributed by atoms with Gasteiger partial charge in [0.25, 0.3) is 0 Å². The molecule has 106 valence electrons. The van der Waals surface area contributed by atoms with E-state index >= 15 is 0 Å². The second kappa shape index (κ2) is 6.23. The first-order valence-corrected chi connectivity index (χ1v) is 6.59. The Hall–Kier alpha value is -2.30. The molecule has 1 aromatic heterocycles. The van der Waals surface area contributed by atoms with Crippen LogP contribution in [0.1, 0.15) is 30.6 Å². The smallest absolute Gasteiger partial charge is 0.341 e. The molecule has 0 bridgehead atoms. The lowest BCUT2D eigenvalue weighted by Crippen LogP contribution is -2.06. The number of carboxylic acid groups (broad SMARTS) is 1. The first-order valence-electron chi connectivity index (χ1n) is 6.59. The second-order valence-electron chi connectivity index (χ2n) is 4.28. The highest BCUT2D eigenvalue weighted by molar-refractivity contribution is 5.95. The summed E-state index contributed by atoms with van der Waals surface area (Å²) in [5.41, 5.74) is 0.754. The SMILES string of the molecule is CCCOc1nc2ccc(OCC)cc2cc1C(=O)O. The van der Waals surface area contributed by atoms with Crippen LogP contribution < -0.4 is 9.47 Å². The third kappa shape index (κ3) is 2.99. The van der Waals surface area contributed by atoms with Crippen LogP contribution in [0.2, 0.25) is 0 Å². The molecular weight excluding hydrogens is 258 g/mol. The van der Waals surface area contributed by atoms with Gasteiger partial charge in [-0.1, -0.05) is 6.92 Å². The first-order chi connectivity index (χ1) is 9.65. The molecule has 0 radical (unpaired) electrons. The highest BCUT2D eigenvalue weighted by Crippen LogP contribution is 2.26. The summed E-state index contributed by atoms with van der Waals surface area (Å²) in [6, 6.07) is 6.95. The first kappa shape index (κ1) is 14.1. The molecule has 0 fully saturated rings. The molecule has 2 aromatic rings. The van der Waals surface area contributed by atoms with Crippen LogP contribution in [0.4, 0.5) is 0 Å². The standard InChI is InChI=1S/C15H17NO4/c1-3-7-20-14-12(15(17)18)9-10-8-11(19-4-2)5-6-13(10)16-14/h5-6,8-9H,3-4,7H2,1-2H3,(H,17,18). The van der Waals surface area contributed by atoms with Gasteiger partial charge in [-0.15, -0.1) is 0 Å². The minimum absolute atomic E-state index is 0.0691. The Labute approximate surface area is 117 Å². The third-order valence-electron chi connectivity index (χ3n) is 2.74. The zero-order chi connectivity index (χ0) is 14.5. The lowest BCUT2D eigenvalue weighted by Gasteiger charge is -2.10. The molecule has 1 N–H and O–H groups in total. The molecule has 0 aliphatic rings. The Morgan fingerprint density at radius 3 is 2.70 bits per heavy atom. The van der Waals surface area contributed by atoms with Crippen LogP contribution in [0, 0.1) is 0 Å². The molecule has 20 heavy (non-hydrogen) atoms. The van der Waals surface area contributed by atoms with Crippen LogP contribution in [-0.2, 0) is 0 Å². The zero-order valence-electron chi connectivity index (χ0n) is 11.5. The van der Waals surface area contributed by atoms with Crippen LogP contribution >= 0.6 is 0 Å². The van der Waals surface area contributed by atoms with Crippen LogP contribution in [0.25, 0.3) is 10.9 Å². The van der Waals surface area contributed by atoms with Crippen molar-refractivity contribution >= 4 is 16.9 Å². The number of fused-ring (bicyclic) bond motifs is 1. The minimum atomic E-state index is -1.05. The van der Waals surface area contributed by atoms with Crippen molar-refractivity contribution in [2.75, 3.05) is 13.2 Å². The van der Waals surface area contributed by atoms with E-state index in [4.69, 9.17) is 9.47 Å². The second-order valence-corrected chi connectivity index (χ2v) is 4.28. The topological polar surface area (TPSA) is 68.7 Å². The van der Waals surface area contributed by atoms with Gasteiger partial charge in [-0.25, -0.2) is 9.78 Å². The van der Waals surface area contributed by atoms with Gasteiger partial charge in [0.2, 0.25) is 5.88 Å². The van der Waals surface area contributed by atoms with Gasteiger partial charge in [0, 0.05) is 5.39 Å². The normalized spacial score (nSPS) is 10.5. The predicted molar refractivity (Wildman–Crippen MR) is 75.7 cm³/mol. The molecule has 0 saturated carbocycles. The molecule has 5 nitrogen and oxygen atoms in total. The Balaban J connectivity index is 2.49. The Kier molecular flexibility index (Phi) is 4.40. The van der Waals surface area contributed by atoms with Crippen molar-refractivity contribution in [3.63, 3.8) is 0 Å². The molecule has 5 heteroatoms. The number of aromatic nitrogens is 1. The average molecular weight is 275 g/mol.